The van der Waals surface area contributed by atoms with Crippen molar-refractivity contribution in [2.45, 2.75) is 58.8 Å². The number of carbonyl (C=O) groups excluding carboxylic acids is 2. The topological polar surface area (TPSA) is 101 Å². The first kappa shape index (κ1) is 31.7. The van der Waals surface area contributed by atoms with Crippen LogP contribution in [-0.2, 0) is 20.9 Å². The van der Waals surface area contributed by atoms with Crippen molar-refractivity contribution in [2.75, 3.05) is 26.8 Å². The van der Waals surface area contributed by atoms with Crippen LogP contribution in [0.25, 0.3) is 11.4 Å². The summed E-state index contributed by atoms with van der Waals surface area (Å²) in [5.74, 6) is 5.26. The summed E-state index contributed by atoms with van der Waals surface area (Å²) in [6.07, 6.45) is 5.07. The van der Waals surface area contributed by atoms with Crippen LogP contribution in [0.3, 0.4) is 0 Å². The largest absolute Gasteiger partial charge is 0.385 e. The Balaban J connectivity index is 1.58. The molecule has 0 unspecified atom stereocenters. The van der Waals surface area contributed by atoms with E-state index in [2.05, 4.69) is 37.0 Å². The zero-order valence-corrected chi connectivity index (χ0v) is 25.4. The first-order chi connectivity index (χ1) is 20.7. The van der Waals surface area contributed by atoms with Gasteiger partial charge >= 0.3 is 0 Å². The molecule has 2 aromatic heterocycles. The summed E-state index contributed by atoms with van der Waals surface area (Å²) >= 11 is 0. The third kappa shape index (κ3) is 7.80. The molecule has 3 atom stereocenters. The van der Waals surface area contributed by atoms with Crippen LogP contribution >= 0.6 is 0 Å². The summed E-state index contributed by atoms with van der Waals surface area (Å²) in [5, 5.41) is 3.03. The minimum atomic E-state index is -0.763. The molecule has 4 rings (SSSR count). The maximum absolute atomic E-state index is 15.2. The molecule has 1 aliphatic heterocycles. The molecule has 43 heavy (non-hydrogen) atoms. The van der Waals surface area contributed by atoms with Crippen LogP contribution in [0, 0.1) is 23.6 Å². The van der Waals surface area contributed by atoms with E-state index >= 15 is 4.39 Å². The average molecular weight is 587 g/mol. The quantitative estimate of drug-likeness (QED) is 0.359. The fourth-order valence-electron chi connectivity index (χ4n) is 5.45. The smallest absolute Gasteiger partial charge is 0.244 e. The molecule has 0 saturated carbocycles. The number of carbonyl (C=O) groups is 2. The van der Waals surface area contributed by atoms with E-state index in [1.807, 2.05) is 45.0 Å². The number of nitrogens with zero attached hydrogens (tertiary/aromatic N) is 5. The van der Waals surface area contributed by atoms with Crippen molar-refractivity contribution in [1.29, 1.82) is 0 Å². The zero-order valence-electron chi connectivity index (χ0n) is 25.4. The predicted octanol–water partition coefficient (Wildman–Crippen LogP) is 4.00. The van der Waals surface area contributed by atoms with Gasteiger partial charge in [0.2, 0.25) is 11.8 Å². The molecule has 9 nitrogen and oxygen atoms in total. The fraction of sp³-hybridized carbons (Fsp3) is 0.424. The number of hydrogen-bond donors (Lipinski definition) is 1. The first-order valence-corrected chi connectivity index (χ1v) is 14.5. The van der Waals surface area contributed by atoms with Gasteiger partial charge in [0.25, 0.3) is 0 Å². The summed E-state index contributed by atoms with van der Waals surface area (Å²) in [4.78, 5) is 43.6. The molecule has 0 aliphatic carbocycles. The maximum atomic E-state index is 15.2. The number of benzene rings is 1. The van der Waals surface area contributed by atoms with Gasteiger partial charge in [-0.15, -0.1) is 0 Å². The standard InChI is InChI=1S/C33H39FN6O3/c1-6-8-26-17-27(28(34)19-37-26)29(13-16-43-5)39-20-23(4)40(33(42)22(2)3)30(21-39)32(41)38-18-24-9-11-25(12-10-24)31-35-14-7-15-36-31/h7,9-12,14-15,17,19,22-23,29-30H,13,16,18,20-21H2,1-5H3,(H,38,41)/t23-,29-,30-/m1/s1. The number of amides is 2. The molecule has 1 N–H and O–H groups in total. The lowest BCUT2D eigenvalue weighted by Gasteiger charge is -2.48. The van der Waals surface area contributed by atoms with Gasteiger partial charge in [-0.1, -0.05) is 44.0 Å². The van der Waals surface area contributed by atoms with E-state index in [1.165, 1.54) is 6.20 Å². The number of piperazine rings is 1. The van der Waals surface area contributed by atoms with Gasteiger partial charge in [-0.2, -0.15) is 0 Å². The Bertz CT molecular complexity index is 1450. The molecule has 1 aliphatic rings. The molecular weight excluding hydrogens is 547 g/mol. The molecule has 0 radical (unpaired) electrons. The van der Waals surface area contributed by atoms with Crippen LogP contribution < -0.4 is 5.32 Å². The molecule has 0 spiro atoms. The highest BCUT2D eigenvalue weighted by Gasteiger charge is 2.42. The normalized spacial score (nSPS) is 17.7. The molecule has 3 heterocycles. The van der Waals surface area contributed by atoms with E-state index in [9.17, 15) is 9.59 Å². The van der Waals surface area contributed by atoms with Crippen molar-refractivity contribution in [3.63, 3.8) is 0 Å². The minimum absolute atomic E-state index is 0.0939. The summed E-state index contributed by atoms with van der Waals surface area (Å²) in [6, 6.07) is 9.65. The Morgan fingerprint density at radius 2 is 1.86 bits per heavy atom. The molecule has 1 saturated heterocycles. The zero-order chi connectivity index (χ0) is 30.9. The van der Waals surface area contributed by atoms with Gasteiger partial charge in [0.15, 0.2) is 5.82 Å². The highest BCUT2D eigenvalue weighted by molar-refractivity contribution is 5.89. The molecule has 10 heteroatoms. The van der Waals surface area contributed by atoms with Crippen molar-refractivity contribution in [3.8, 4) is 23.2 Å². The Hall–Kier alpha value is -4.20. The number of halogens is 1. The number of methoxy groups -OCH3 is 1. The van der Waals surface area contributed by atoms with Gasteiger partial charge in [0.1, 0.15) is 17.6 Å². The molecular formula is C33H39FN6O3. The fourth-order valence-corrected chi connectivity index (χ4v) is 5.45. The van der Waals surface area contributed by atoms with Gasteiger partial charge in [-0.3, -0.25) is 14.5 Å². The summed E-state index contributed by atoms with van der Waals surface area (Å²) < 4.78 is 20.6. The summed E-state index contributed by atoms with van der Waals surface area (Å²) in [5.41, 5.74) is 2.70. The number of pyridine rings is 1. The molecule has 226 valence electrons. The molecule has 3 aromatic rings. The number of hydrogen-bond acceptors (Lipinski definition) is 7. The van der Waals surface area contributed by atoms with E-state index < -0.39 is 17.9 Å². The molecule has 2 amide bonds. The van der Waals surface area contributed by atoms with Crippen molar-refractivity contribution >= 4 is 11.8 Å². The predicted molar refractivity (Wildman–Crippen MR) is 162 cm³/mol. The lowest BCUT2D eigenvalue weighted by molar-refractivity contribution is -0.151. The Morgan fingerprint density at radius 3 is 2.51 bits per heavy atom. The van der Waals surface area contributed by atoms with Gasteiger partial charge in [0, 0.05) is 74.9 Å². The van der Waals surface area contributed by atoms with Crippen LogP contribution in [-0.4, -0.2) is 75.5 Å². The third-order valence-corrected chi connectivity index (χ3v) is 7.55. The lowest BCUT2D eigenvalue weighted by Crippen LogP contribution is -2.65. The minimum Gasteiger partial charge on any atom is -0.385 e. The van der Waals surface area contributed by atoms with Gasteiger partial charge < -0.3 is 15.0 Å². The third-order valence-electron chi connectivity index (χ3n) is 7.55. The first-order valence-electron chi connectivity index (χ1n) is 14.5. The van der Waals surface area contributed by atoms with Gasteiger partial charge in [-0.25, -0.2) is 19.3 Å². The average Bonchev–Trinajstić information content (AvgIpc) is 3.01. The Kier molecular flexibility index (Phi) is 10.9. The molecule has 1 fully saturated rings. The van der Waals surface area contributed by atoms with E-state index in [1.54, 1.807) is 43.5 Å². The monoisotopic (exact) mass is 586 g/mol. The Labute approximate surface area is 252 Å². The molecule has 1 aromatic carbocycles. The van der Waals surface area contributed by atoms with Crippen molar-refractivity contribution in [1.82, 2.24) is 30.1 Å². The van der Waals surface area contributed by atoms with E-state index in [0.717, 1.165) is 11.1 Å². The number of aromatic nitrogens is 3. The highest BCUT2D eigenvalue weighted by atomic mass is 19.1. The second-order valence-corrected chi connectivity index (χ2v) is 11.0. The van der Waals surface area contributed by atoms with Crippen molar-refractivity contribution < 1.29 is 18.7 Å². The summed E-state index contributed by atoms with van der Waals surface area (Å²) in [7, 11) is 1.60. The number of ether oxygens (including phenoxy) is 1. The Morgan fingerprint density at radius 1 is 1.14 bits per heavy atom. The van der Waals surface area contributed by atoms with Crippen molar-refractivity contribution in [2.24, 2.45) is 5.92 Å². The second-order valence-electron chi connectivity index (χ2n) is 11.0. The number of rotatable bonds is 10. The van der Waals surface area contributed by atoms with E-state index in [-0.39, 0.29) is 36.9 Å². The molecule has 0 bridgehead atoms. The highest BCUT2D eigenvalue weighted by Crippen LogP contribution is 2.32. The number of nitrogens with one attached hydrogen (secondary N) is 1. The van der Waals surface area contributed by atoms with Crippen molar-refractivity contribution in [3.05, 3.63) is 77.6 Å². The van der Waals surface area contributed by atoms with Crippen LogP contribution in [0.15, 0.2) is 55.0 Å². The van der Waals surface area contributed by atoms with Crippen LogP contribution in [0.4, 0.5) is 4.39 Å². The van der Waals surface area contributed by atoms with E-state index in [4.69, 9.17) is 4.74 Å². The van der Waals surface area contributed by atoms with Crippen LogP contribution in [0.2, 0.25) is 0 Å². The van der Waals surface area contributed by atoms with Gasteiger partial charge in [-0.05, 0) is 43.9 Å². The van der Waals surface area contributed by atoms with Crippen LogP contribution in [0.1, 0.15) is 57.0 Å². The second kappa shape index (κ2) is 14.8. The lowest BCUT2D eigenvalue weighted by atomic mass is 9.96. The summed E-state index contributed by atoms with van der Waals surface area (Å²) in [6.45, 7) is 8.68. The van der Waals surface area contributed by atoms with E-state index in [0.29, 0.717) is 36.7 Å². The van der Waals surface area contributed by atoms with Crippen LogP contribution in [0.5, 0.6) is 0 Å². The SMILES string of the molecule is CC#Cc1cc([C@@H](CCOC)N2C[C@@H](C)N(C(=O)C(C)C)[C@@H](C(=O)NCc3ccc(-c4ncccn4)cc3)C2)c(F)cn1. The maximum Gasteiger partial charge on any atom is 0.244 e. The van der Waals surface area contributed by atoms with Gasteiger partial charge in [0.05, 0.1) is 6.20 Å².